The monoisotopic (exact) mass is 381 g/mol. The van der Waals surface area contributed by atoms with Gasteiger partial charge in [0.2, 0.25) is 5.91 Å². The van der Waals surface area contributed by atoms with Crippen LogP contribution in [-0.2, 0) is 28.2 Å². The van der Waals surface area contributed by atoms with Crippen LogP contribution < -0.4 is 9.47 Å². The number of hydrogen-bond donors (Lipinski definition) is 0. The van der Waals surface area contributed by atoms with Gasteiger partial charge in [-0.2, -0.15) is 0 Å². The molecule has 1 aromatic heterocycles. The van der Waals surface area contributed by atoms with Crippen LogP contribution in [0.1, 0.15) is 41.4 Å². The number of aromatic nitrogens is 2. The molecular weight excluding hydrogens is 358 g/mol. The predicted octanol–water partition coefficient (Wildman–Crippen LogP) is 2.18. The Labute approximate surface area is 163 Å². The fourth-order valence-corrected chi connectivity index (χ4v) is 4.01. The molecule has 1 aromatic carbocycles. The van der Waals surface area contributed by atoms with Crippen molar-refractivity contribution in [1.82, 2.24) is 14.9 Å². The number of carbonyl (C=O) groups is 1. The Morgan fingerprint density at radius 2 is 1.93 bits per heavy atom. The van der Waals surface area contributed by atoms with Crippen molar-refractivity contribution in [2.45, 2.75) is 37.4 Å². The summed E-state index contributed by atoms with van der Waals surface area (Å²) < 4.78 is 16.6. The Morgan fingerprint density at radius 1 is 1.21 bits per heavy atom. The number of likely N-dealkylation sites (tertiary alicyclic amines) is 1. The lowest BCUT2D eigenvalue weighted by Gasteiger charge is -2.47. The van der Waals surface area contributed by atoms with Crippen molar-refractivity contribution in [3.8, 4) is 11.5 Å². The van der Waals surface area contributed by atoms with Gasteiger partial charge in [0.1, 0.15) is 22.9 Å². The van der Waals surface area contributed by atoms with Crippen molar-refractivity contribution >= 4 is 5.91 Å². The molecule has 7 heteroatoms. The van der Waals surface area contributed by atoms with E-state index < -0.39 is 5.60 Å². The number of rotatable bonds is 5. The normalized spacial score (nSPS) is 19.3. The van der Waals surface area contributed by atoms with Gasteiger partial charge in [0.25, 0.3) is 0 Å². The third-order valence-corrected chi connectivity index (χ3v) is 5.82. The van der Waals surface area contributed by atoms with Crippen molar-refractivity contribution in [3.05, 3.63) is 47.0 Å². The first-order valence-corrected chi connectivity index (χ1v) is 9.60. The molecule has 2 aromatic rings. The van der Waals surface area contributed by atoms with E-state index in [2.05, 4.69) is 4.98 Å². The second-order valence-corrected chi connectivity index (χ2v) is 7.79. The Bertz CT molecular complexity index is 913. The van der Waals surface area contributed by atoms with Crippen LogP contribution in [0.2, 0.25) is 0 Å². The molecule has 1 saturated carbocycles. The quantitative estimate of drug-likeness (QED) is 0.790. The van der Waals surface area contributed by atoms with Crippen LogP contribution in [0.3, 0.4) is 0 Å². The number of fused-ring (bicyclic) bond motifs is 2. The average Bonchev–Trinajstić information content (AvgIpc) is 3.46. The molecule has 0 bridgehead atoms. The fourth-order valence-electron chi connectivity index (χ4n) is 4.01. The minimum absolute atomic E-state index is 0.0634. The maximum atomic E-state index is 12.8. The van der Waals surface area contributed by atoms with E-state index in [4.69, 9.17) is 19.2 Å². The lowest BCUT2D eigenvalue weighted by atomic mass is 9.87. The van der Waals surface area contributed by atoms with Crippen LogP contribution in [0.15, 0.2) is 24.4 Å². The van der Waals surface area contributed by atoms with Gasteiger partial charge in [-0.05, 0) is 30.5 Å². The fraction of sp³-hybridized carbons (Fsp3) is 0.476. The van der Waals surface area contributed by atoms with Crippen LogP contribution in [0.25, 0.3) is 0 Å². The van der Waals surface area contributed by atoms with E-state index in [1.807, 2.05) is 23.2 Å². The zero-order valence-corrected chi connectivity index (χ0v) is 16.1. The molecular formula is C21H23N3O4. The Morgan fingerprint density at radius 3 is 2.57 bits per heavy atom. The van der Waals surface area contributed by atoms with E-state index in [9.17, 15) is 4.79 Å². The lowest BCUT2D eigenvalue weighted by Crippen LogP contribution is -2.61. The molecule has 2 aliphatic heterocycles. The molecule has 0 N–H and O–H groups in total. The summed E-state index contributed by atoms with van der Waals surface area (Å²) in [6.07, 6.45) is 4.58. The van der Waals surface area contributed by atoms with Gasteiger partial charge in [-0.3, -0.25) is 4.79 Å². The van der Waals surface area contributed by atoms with Crippen LogP contribution in [0.5, 0.6) is 11.5 Å². The molecule has 2 fully saturated rings. The van der Waals surface area contributed by atoms with Crippen molar-refractivity contribution in [2.75, 3.05) is 27.3 Å². The zero-order chi connectivity index (χ0) is 19.3. The highest BCUT2D eigenvalue weighted by Crippen LogP contribution is 2.44. The van der Waals surface area contributed by atoms with Crippen molar-refractivity contribution in [2.24, 2.45) is 0 Å². The molecule has 5 rings (SSSR count). The zero-order valence-electron chi connectivity index (χ0n) is 16.1. The number of carbonyl (C=O) groups excluding carboxylic acids is 1. The number of amides is 1. The lowest BCUT2D eigenvalue weighted by molar-refractivity contribution is -0.168. The van der Waals surface area contributed by atoms with Crippen LogP contribution in [0.4, 0.5) is 0 Å². The van der Waals surface area contributed by atoms with E-state index in [0.29, 0.717) is 43.5 Å². The first-order valence-electron chi connectivity index (χ1n) is 9.60. The molecule has 3 heterocycles. The Hall–Kier alpha value is -2.67. The summed E-state index contributed by atoms with van der Waals surface area (Å²) in [6, 6.07) is 5.53. The minimum Gasteiger partial charge on any atom is -0.497 e. The third kappa shape index (κ3) is 2.90. The summed E-state index contributed by atoms with van der Waals surface area (Å²) in [7, 11) is 3.20. The molecule has 1 amide bonds. The highest BCUT2D eigenvalue weighted by Gasteiger charge is 2.52. The van der Waals surface area contributed by atoms with E-state index in [-0.39, 0.29) is 5.91 Å². The molecule has 0 atom stereocenters. The highest BCUT2D eigenvalue weighted by molar-refractivity contribution is 5.80. The summed E-state index contributed by atoms with van der Waals surface area (Å²) in [5.41, 5.74) is 2.47. The molecule has 1 spiro atoms. The molecule has 146 valence electrons. The van der Waals surface area contributed by atoms with Gasteiger partial charge in [-0.1, -0.05) is 0 Å². The maximum absolute atomic E-state index is 12.8. The molecule has 3 aliphatic rings. The SMILES string of the molecule is COc1cc(CC(=O)N2CC3(C2)OCc2nc(C4CC4)ncc23)cc(OC)c1. The molecule has 7 nitrogen and oxygen atoms in total. The second kappa shape index (κ2) is 6.44. The largest absolute Gasteiger partial charge is 0.497 e. The summed E-state index contributed by atoms with van der Waals surface area (Å²) >= 11 is 0. The van der Waals surface area contributed by atoms with Crippen molar-refractivity contribution in [3.63, 3.8) is 0 Å². The van der Waals surface area contributed by atoms with E-state index in [0.717, 1.165) is 22.6 Å². The Kier molecular flexibility index (Phi) is 4.01. The van der Waals surface area contributed by atoms with Gasteiger partial charge in [0.05, 0.1) is 46.0 Å². The predicted molar refractivity (Wildman–Crippen MR) is 100 cm³/mol. The van der Waals surface area contributed by atoms with Gasteiger partial charge in [-0.15, -0.1) is 0 Å². The van der Waals surface area contributed by atoms with Gasteiger partial charge >= 0.3 is 0 Å². The van der Waals surface area contributed by atoms with E-state index in [1.165, 1.54) is 12.8 Å². The summed E-state index contributed by atoms with van der Waals surface area (Å²) in [4.78, 5) is 23.8. The first kappa shape index (κ1) is 17.4. The average molecular weight is 381 g/mol. The standard InChI is InChI=1S/C21H23N3O4/c1-26-15-5-13(6-16(8-15)27-2)7-19(25)24-11-21(12-24)17-9-22-20(14-3-4-14)23-18(17)10-28-21/h5-6,8-9,14H,3-4,7,10-12H2,1-2H3. The molecule has 1 saturated heterocycles. The van der Waals surface area contributed by atoms with Gasteiger partial charge in [0, 0.05) is 23.7 Å². The van der Waals surface area contributed by atoms with Crippen LogP contribution >= 0.6 is 0 Å². The second-order valence-electron chi connectivity index (χ2n) is 7.79. The summed E-state index contributed by atoms with van der Waals surface area (Å²) in [5, 5.41) is 0. The highest BCUT2D eigenvalue weighted by atomic mass is 16.5. The maximum Gasteiger partial charge on any atom is 0.227 e. The number of hydrogen-bond acceptors (Lipinski definition) is 6. The molecule has 28 heavy (non-hydrogen) atoms. The van der Waals surface area contributed by atoms with Crippen molar-refractivity contribution < 1.29 is 19.0 Å². The topological polar surface area (TPSA) is 73.8 Å². The summed E-state index contributed by atoms with van der Waals surface area (Å²) in [5.74, 6) is 2.89. The Balaban J connectivity index is 1.27. The van der Waals surface area contributed by atoms with E-state index in [1.54, 1.807) is 20.3 Å². The molecule has 0 radical (unpaired) electrons. The minimum atomic E-state index is -0.431. The van der Waals surface area contributed by atoms with E-state index >= 15 is 0 Å². The molecule has 1 aliphatic carbocycles. The van der Waals surface area contributed by atoms with Crippen molar-refractivity contribution in [1.29, 1.82) is 0 Å². The third-order valence-electron chi connectivity index (χ3n) is 5.82. The molecule has 0 unspecified atom stereocenters. The van der Waals surface area contributed by atoms with Crippen LogP contribution in [-0.4, -0.2) is 48.1 Å². The first-order chi connectivity index (χ1) is 13.6. The van der Waals surface area contributed by atoms with Gasteiger partial charge in [0.15, 0.2) is 0 Å². The van der Waals surface area contributed by atoms with Crippen LogP contribution in [0, 0.1) is 0 Å². The number of benzene rings is 1. The number of ether oxygens (including phenoxy) is 3. The summed E-state index contributed by atoms with van der Waals surface area (Å²) in [6.45, 7) is 1.60. The van der Waals surface area contributed by atoms with Gasteiger partial charge in [-0.25, -0.2) is 9.97 Å². The smallest absolute Gasteiger partial charge is 0.227 e. The van der Waals surface area contributed by atoms with Gasteiger partial charge < -0.3 is 19.1 Å². The number of nitrogens with zero attached hydrogens (tertiary/aromatic N) is 3. The number of methoxy groups -OCH3 is 2.